The van der Waals surface area contributed by atoms with Gasteiger partial charge in [-0.15, -0.1) is 11.3 Å². The van der Waals surface area contributed by atoms with Gasteiger partial charge in [0.05, 0.1) is 12.2 Å². The van der Waals surface area contributed by atoms with Crippen LogP contribution in [0.4, 0.5) is 5.69 Å². The van der Waals surface area contributed by atoms with Gasteiger partial charge in [-0.3, -0.25) is 23.4 Å². The number of fused-ring (bicyclic) bond motifs is 2. The second-order valence-corrected chi connectivity index (χ2v) is 10.3. The van der Waals surface area contributed by atoms with E-state index in [-0.39, 0.29) is 23.1 Å². The highest BCUT2D eigenvalue weighted by Crippen LogP contribution is 2.31. The van der Waals surface area contributed by atoms with E-state index in [0.717, 1.165) is 21.1 Å². The van der Waals surface area contributed by atoms with Gasteiger partial charge in [0, 0.05) is 36.5 Å². The van der Waals surface area contributed by atoms with Crippen LogP contribution in [-0.4, -0.2) is 24.8 Å². The summed E-state index contributed by atoms with van der Waals surface area (Å²) in [5, 5.41) is 11.3. The molecule has 3 aromatic heterocycles. The molecule has 0 fully saturated rings. The molecular weight excluding hydrogens is 474 g/mol. The van der Waals surface area contributed by atoms with Crippen LogP contribution in [-0.2, 0) is 24.9 Å². The number of rotatable bonds is 6. The summed E-state index contributed by atoms with van der Waals surface area (Å²) in [6.45, 7) is 6.40. The zero-order valence-electron chi connectivity index (χ0n) is 20.6. The van der Waals surface area contributed by atoms with Crippen LogP contribution in [0.5, 0.6) is 0 Å². The van der Waals surface area contributed by atoms with Gasteiger partial charge in [-0.05, 0) is 40.4 Å². The summed E-state index contributed by atoms with van der Waals surface area (Å²) in [7, 11) is 1.51. The lowest BCUT2D eigenvalue weighted by Crippen LogP contribution is -2.38. The zero-order valence-corrected chi connectivity index (χ0v) is 21.4. The Hall–Kier alpha value is -3.98. The molecule has 1 N–H and O–H groups in total. The first-order chi connectivity index (χ1) is 17.2. The molecule has 5 aromatic rings. The smallest absolute Gasteiger partial charge is 0.326 e. The highest BCUT2D eigenvalue weighted by Gasteiger charge is 2.23. The molecular formula is C27H27N5O3S. The Kier molecular flexibility index (Phi) is 6.09. The molecule has 0 aliphatic carbocycles. The SMILES string of the molecule is CC(=O)Nc1ccc(-c2c3c(=O)n(C)c(=O)n(CC(C)C)c3nn2Cc2csc3ccccc23)cc1. The number of nitrogens with zero attached hydrogens (tertiary/aromatic N) is 4. The Morgan fingerprint density at radius 3 is 2.50 bits per heavy atom. The summed E-state index contributed by atoms with van der Waals surface area (Å²) in [6.07, 6.45) is 0. The Morgan fingerprint density at radius 2 is 1.81 bits per heavy atom. The fraction of sp³-hybridized carbons (Fsp3) is 0.259. The summed E-state index contributed by atoms with van der Waals surface area (Å²) in [5.41, 5.74) is 2.81. The van der Waals surface area contributed by atoms with E-state index in [4.69, 9.17) is 5.10 Å². The van der Waals surface area contributed by atoms with Gasteiger partial charge in [0.25, 0.3) is 5.56 Å². The molecule has 0 aliphatic rings. The van der Waals surface area contributed by atoms with Crippen LogP contribution in [0.3, 0.4) is 0 Å². The van der Waals surface area contributed by atoms with Crippen LogP contribution in [0.15, 0.2) is 63.5 Å². The van der Waals surface area contributed by atoms with E-state index < -0.39 is 0 Å². The number of anilines is 1. The van der Waals surface area contributed by atoms with Crippen molar-refractivity contribution in [2.45, 2.75) is 33.9 Å². The molecule has 36 heavy (non-hydrogen) atoms. The maximum Gasteiger partial charge on any atom is 0.332 e. The highest BCUT2D eigenvalue weighted by atomic mass is 32.1. The third-order valence-electron chi connectivity index (χ3n) is 6.13. The summed E-state index contributed by atoms with van der Waals surface area (Å²) < 4.78 is 5.76. The lowest BCUT2D eigenvalue weighted by Gasteiger charge is -2.11. The normalized spacial score (nSPS) is 11.6. The zero-order chi connectivity index (χ0) is 25.6. The van der Waals surface area contributed by atoms with Crippen molar-refractivity contribution in [3.8, 4) is 11.3 Å². The Bertz CT molecular complexity index is 1720. The van der Waals surface area contributed by atoms with E-state index in [0.29, 0.717) is 35.5 Å². The molecule has 0 unspecified atom stereocenters. The van der Waals surface area contributed by atoms with Crippen molar-refractivity contribution in [3.05, 3.63) is 80.3 Å². The van der Waals surface area contributed by atoms with E-state index in [1.807, 2.05) is 42.8 Å². The largest absolute Gasteiger partial charge is 0.332 e. The molecule has 8 nitrogen and oxygen atoms in total. The van der Waals surface area contributed by atoms with E-state index in [2.05, 4.69) is 22.8 Å². The van der Waals surface area contributed by atoms with Crippen LogP contribution in [0.2, 0.25) is 0 Å². The number of carbonyl (C=O) groups excluding carboxylic acids is 1. The number of nitrogens with one attached hydrogen (secondary N) is 1. The number of thiophene rings is 1. The molecule has 3 heterocycles. The van der Waals surface area contributed by atoms with Crippen LogP contribution in [0, 0.1) is 5.92 Å². The maximum atomic E-state index is 13.5. The first-order valence-electron chi connectivity index (χ1n) is 11.8. The van der Waals surface area contributed by atoms with Crippen LogP contribution >= 0.6 is 11.3 Å². The summed E-state index contributed by atoms with van der Waals surface area (Å²) in [6, 6.07) is 15.5. The summed E-state index contributed by atoms with van der Waals surface area (Å²) >= 11 is 1.67. The maximum absolute atomic E-state index is 13.5. The molecule has 1 amide bonds. The third-order valence-corrected chi connectivity index (χ3v) is 7.15. The third kappa shape index (κ3) is 4.15. The van der Waals surface area contributed by atoms with Gasteiger partial charge in [0.1, 0.15) is 5.39 Å². The Balaban J connectivity index is 1.78. The van der Waals surface area contributed by atoms with Crippen molar-refractivity contribution in [1.82, 2.24) is 18.9 Å². The van der Waals surface area contributed by atoms with Crippen LogP contribution in [0.25, 0.3) is 32.4 Å². The number of hydrogen-bond donors (Lipinski definition) is 1. The molecule has 184 valence electrons. The minimum Gasteiger partial charge on any atom is -0.326 e. The molecule has 0 aliphatic heterocycles. The number of hydrogen-bond acceptors (Lipinski definition) is 5. The highest BCUT2D eigenvalue weighted by molar-refractivity contribution is 7.17. The second-order valence-electron chi connectivity index (χ2n) is 9.37. The van der Waals surface area contributed by atoms with Crippen molar-refractivity contribution in [2.24, 2.45) is 13.0 Å². The molecule has 0 radical (unpaired) electrons. The monoisotopic (exact) mass is 501 g/mol. The fourth-order valence-electron chi connectivity index (χ4n) is 4.53. The van der Waals surface area contributed by atoms with Crippen molar-refractivity contribution in [2.75, 3.05) is 5.32 Å². The minimum absolute atomic E-state index is 0.158. The second kappa shape index (κ2) is 9.23. The van der Waals surface area contributed by atoms with Crippen LogP contribution in [0.1, 0.15) is 26.3 Å². The van der Waals surface area contributed by atoms with Gasteiger partial charge in [-0.2, -0.15) is 5.10 Å². The molecule has 0 saturated heterocycles. The van der Waals surface area contributed by atoms with Gasteiger partial charge in [-0.1, -0.05) is 44.2 Å². The predicted molar refractivity (Wildman–Crippen MR) is 145 cm³/mol. The first-order valence-corrected chi connectivity index (χ1v) is 12.7. The van der Waals surface area contributed by atoms with E-state index in [9.17, 15) is 14.4 Å². The van der Waals surface area contributed by atoms with Crippen molar-refractivity contribution in [3.63, 3.8) is 0 Å². The molecule has 2 aromatic carbocycles. The average molecular weight is 502 g/mol. The van der Waals surface area contributed by atoms with Crippen LogP contribution < -0.4 is 16.6 Å². The molecule has 5 rings (SSSR count). The van der Waals surface area contributed by atoms with Gasteiger partial charge >= 0.3 is 5.69 Å². The summed E-state index contributed by atoms with van der Waals surface area (Å²) in [5.74, 6) is 0.0314. The number of benzene rings is 2. The van der Waals surface area contributed by atoms with E-state index in [1.165, 1.54) is 18.7 Å². The van der Waals surface area contributed by atoms with E-state index >= 15 is 0 Å². The molecule has 0 bridgehead atoms. The molecule has 0 saturated carbocycles. The van der Waals surface area contributed by atoms with Crippen molar-refractivity contribution >= 4 is 44.1 Å². The number of amides is 1. The minimum atomic E-state index is -0.377. The fourth-order valence-corrected chi connectivity index (χ4v) is 5.48. The Morgan fingerprint density at radius 1 is 1.08 bits per heavy atom. The van der Waals surface area contributed by atoms with Gasteiger partial charge < -0.3 is 5.32 Å². The molecule has 0 atom stereocenters. The van der Waals surface area contributed by atoms with Crippen molar-refractivity contribution < 1.29 is 4.79 Å². The van der Waals surface area contributed by atoms with Gasteiger partial charge in [0.15, 0.2) is 5.65 Å². The standard InChI is InChI=1S/C27H27N5O3S/c1-16(2)13-31-25-23(26(34)30(4)27(31)35)24(18-9-11-20(12-10-18)28-17(3)33)32(29-25)14-19-15-36-22-8-6-5-7-21(19)22/h5-12,15-16H,13-14H2,1-4H3,(H,28,33). The van der Waals surface area contributed by atoms with E-state index in [1.54, 1.807) is 28.0 Å². The van der Waals surface area contributed by atoms with Crippen molar-refractivity contribution in [1.29, 1.82) is 0 Å². The lowest BCUT2D eigenvalue weighted by atomic mass is 10.1. The predicted octanol–water partition coefficient (Wildman–Crippen LogP) is 4.44. The summed E-state index contributed by atoms with van der Waals surface area (Å²) in [4.78, 5) is 38.0. The quantitative estimate of drug-likeness (QED) is 0.372. The topological polar surface area (TPSA) is 90.9 Å². The molecule has 0 spiro atoms. The van der Waals surface area contributed by atoms with Gasteiger partial charge in [-0.25, -0.2) is 4.79 Å². The number of aromatic nitrogens is 4. The lowest BCUT2D eigenvalue weighted by molar-refractivity contribution is -0.114. The Labute approximate surface area is 211 Å². The molecule has 9 heteroatoms. The number of carbonyl (C=O) groups is 1. The average Bonchev–Trinajstić information content (AvgIpc) is 3.42. The first kappa shape index (κ1) is 23.7. The van der Waals surface area contributed by atoms with Gasteiger partial charge in [0.2, 0.25) is 5.91 Å².